The summed E-state index contributed by atoms with van der Waals surface area (Å²) in [7, 11) is 1.66. The second-order valence-corrected chi connectivity index (χ2v) is 3.34. The number of methoxy groups -OCH3 is 1. The number of nitrogens with one attached hydrogen (secondary N) is 1. The Kier molecular flexibility index (Phi) is 2.77. The van der Waals surface area contributed by atoms with E-state index < -0.39 is 0 Å². The van der Waals surface area contributed by atoms with Gasteiger partial charge in [-0.05, 0) is 25.0 Å². The molecule has 1 aromatic rings. The molecule has 0 saturated carbocycles. The molecule has 3 nitrogen and oxygen atoms in total. The van der Waals surface area contributed by atoms with E-state index in [1.807, 2.05) is 18.2 Å². The van der Waals surface area contributed by atoms with Gasteiger partial charge in [0.1, 0.15) is 11.5 Å². The molecule has 1 aromatic carbocycles. The van der Waals surface area contributed by atoms with Crippen LogP contribution in [0.5, 0.6) is 11.5 Å². The fraction of sp³-hybridized carbons (Fsp3) is 0.455. The highest BCUT2D eigenvalue weighted by molar-refractivity contribution is 5.59. The van der Waals surface area contributed by atoms with Gasteiger partial charge in [0.15, 0.2) is 0 Å². The number of hydrogen-bond acceptors (Lipinski definition) is 3. The Bertz CT molecular complexity index is 312. The van der Waals surface area contributed by atoms with Gasteiger partial charge in [0.25, 0.3) is 0 Å². The summed E-state index contributed by atoms with van der Waals surface area (Å²) in [5, 5.41) is 3.34. The fourth-order valence-electron chi connectivity index (χ4n) is 1.53. The zero-order chi connectivity index (χ0) is 9.80. The van der Waals surface area contributed by atoms with E-state index in [1.54, 1.807) is 7.11 Å². The number of rotatable bonds is 1. The Hall–Kier alpha value is -1.38. The molecule has 0 spiro atoms. The molecule has 1 aliphatic rings. The van der Waals surface area contributed by atoms with Crippen molar-refractivity contribution >= 4 is 5.69 Å². The van der Waals surface area contributed by atoms with Gasteiger partial charge in [-0.3, -0.25) is 0 Å². The van der Waals surface area contributed by atoms with Crippen molar-refractivity contribution in [2.45, 2.75) is 12.8 Å². The molecule has 0 unspecified atom stereocenters. The molecular weight excluding hydrogens is 178 g/mol. The van der Waals surface area contributed by atoms with E-state index in [9.17, 15) is 0 Å². The molecule has 0 aliphatic carbocycles. The molecule has 3 heteroatoms. The Morgan fingerprint density at radius 2 is 2.29 bits per heavy atom. The number of fused-ring (bicyclic) bond motifs is 1. The summed E-state index contributed by atoms with van der Waals surface area (Å²) in [4.78, 5) is 0. The zero-order valence-electron chi connectivity index (χ0n) is 8.38. The summed E-state index contributed by atoms with van der Waals surface area (Å²) >= 11 is 0. The van der Waals surface area contributed by atoms with E-state index >= 15 is 0 Å². The number of benzene rings is 1. The average molecular weight is 193 g/mol. The smallest absolute Gasteiger partial charge is 0.146 e. The van der Waals surface area contributed by atoms with Gasteiger partial charge in [0.05, 0.1) is 19.4 Å². The van der Waals surface area contributed by atoms with Crippen LogP contribution in [0.3, 0.4) is 0 Å². The first kappa shape index (κ1) is 9.19. The second kappa shape index (κ2) is 4.22. The Labute approximate surface area is 84.0 Å². The van der Waals surface area contributed by atoms with Crippen LogP contribution in [0.25, 0.3) is 0 Å². The normalized spacial score (nSPS) is 15.5. The maximum atomic E-state index is 5.63. The summed E-state index contributed by atoms with van der Waals surface area (Å²) in [6, 6.07) is 5.87. The van der Waals surface area contributed by atoms with Crippen molar-refractivity contribution < 1.29 is 9.47 Å². The third kappa shape index (κ3) is 1.92. The summed E-state index contributed by atoms with van der Waals surface area (Å²) < 4.78 is 10.8. The Morgan fingerprint density at radius 3 is 3.14 bits per heavy atom. The van der Waals surface area contributed by atoms with E-state index in [4.69, 9.17) is 9.47 Å². The standard InChI is InChI=1S/C11H15NO2/c1-13-9-4-5-10-11(8-9)14-7-3-2-6-12-10/h4-5,8,12H,2-3,6-7H2,1H3. The lowest BCUT2D eigenvalue weighted by Gasteiger charge is -2.17. The first-order valence-corrected chi connectivity index (χ1v) is 4.95. The largest absolute Gasteiger partial charge is 0.497 e. The highest BCUT2D eigenvalue weighted by Crippen LogP contribution is 2.30. The Morgan fingerprint density at radius 1 is 1.36 bits per heavy atom. The van der Waals surface area contributed by atoms with Gasteiger partial charge in [0.2, 0.25) is 0 Å². The van der Waals surface area contributed by atoms with Crippen molar-refractivity contribution in [3.05, 3.63) is 18.2 Å². The zero-order valence-corrected chi connectivity index (χ0v) is 8.38. The molecule has 1 N–H and O–H groups in total. The summed E-state index contributed by atoms with van der Waals surface area (Å²) in [5.41, 5.74) is 1.06. The monoisotopic (exact) mass is 193 g/mol. The fourth-order valence-corrected chi connectivity index (χ4v) is 1.53. The molecule has 0 amide bonds. The minimum atomic E-state index is 0.793. The van der Waals surface area contributed by atoms with E-state index in [2.05, 4.69) is 5.32 Å². The van der Waals surface area contributed by atoms with Crippen LogP contribution in [-0.2, 0) is 0 Å². The number of hydrogen-bond donors (Lipinski definition) is 1. The van der Waals surface area contributed by atoms with Gasteiger partial charge < -0.3 is 14.8 Å². The highest BCUT2D eigenvalue weighted by Gasteiger charge is 2.07. The molecule has 1 heterocycles. The number of ether oxygens (including phenoxy) is 2. The van der Waals surface area contributed by atoms with Crippen LogP contribution < -0.4 is 14.8 Å². The van der Waals surface area contributed by atoms with Crippen LogP contribution in [0.4, 0.5) is 5.69 Å². The number of anilines is 1. The molecule has 0 aromatic heterocycles. The third-order valence-electron chi connectivity index (χ3n) is 2.33. The van der Waals surface area contributed by atoms with E-state index in [0.717, 1.165) is 43.2 Å². The summed E-state index contributed by atoms with van der Waals surface area (Å²) in [6.45, 7) is 1.81. The van der Waals surface area contributed by atoms with Crippen molar-refractivity contribution in [3.63, 3.8) is 0 Å². The summed E-state index contributed by atoms with van der Waals surface area (Å²) in [6.07, 6.45) is 2.26. The second-order valence-electron chi connectivity index (χ2n) is 3.34. The van der Waals surface area contributed by atoms with Crippen molar-refractivity contribution in [1.82, 2.24) is 0 Å². The quantitative estimate of drug-likeness (QED) is 0.742. The van der Waals surface area contributed by atoms with E-state index in [1.165, 1.54) is 0 Å². The lowest BCUT2D eigenvalue weighted by atomic mass is 10.2. The molecule has 0 fully saturated rings. The molecule has 76 valence electrons. The van der Waals surface area contributed by atoms with Gasteiger partial charge in [-0.15, -0.1) is 0 Å². The van der Waals surface area contributed by atoms with Crippen molar-refractivity contribution in [2.24, 2.45) is 0 Å². The van der Waals surface area contributed by atoms with Crippen molar-refractivity contribution in [3.8, 4) is 11.5 Å². The van der Waals surface area contributed by atoms with Crippen LogP contribution in [-0.4, -0.2) is 20.3 Å². The van der Waals surface area contributed by atoms with Gasteiger partial charge >= 0.3 is 0 Å². The van der Waals surface area contributed by atoms with Gasteiger partial charge in [-0.25, -0.2) is 0 Å². The van der Waals surface area contributed by atoms with Crippen LogP contribution in [0.1, 0.15) is 12.8 Å². The molecule has 0 bridgehead atoms. The van der Waals surface area contributed by atoms with Crippen LogP contribution in [0, 0.1) is 0 Å². The summed E-state index contributed by atoms with van der Waals surface area (Å²) in [5.74, 6) is 1.73. The molecule has 0 radical (unpaired) electrons. The minimum absolute atomic E-state index is 0.793. The lowest BCUT2D eigenvalue weighted by molar-refractivity contribution is 0.303. The predicted octanol–water partition coefficient (Wildman–Crippen LogP) is 2.28. The molecule has 0 atom stereocenters. The minimum Gasteiger partial charge on any atom is -0.497 e. The SMILES string of the molecule is COc1ccc2c(c1)OCCCCN2. The molecular formula is C11H15NO2. The van der Waals surface area contributed by atoms with Crippen LogP contribution in [0.2, 0.25) is 0 Å². The maximum absolute atomic E-state index is 5.63. The van der Waals surface area contributed by atoms with Gasteiger partial charge in [0, 0.05) is 12.6 Å². The highest BCUT2D eigenvalue weighted by atomic mass is 16.5. The maximum Gasteiger partial charge on any atom is 0.146 e. The van der Waals surface area contributed by atoms with Crippen LogP contribution >= 0.6 is 0 Å². The first-order chi connectivity index (χ1) is 6.90. The average Bonchev–Trinajstić information content (AvgIpc) is 2.18. The molecule has 14 heavy (non-hydrogen) atoms. The van der Waals surface area contributed by atoms with Crippen molar-refractivity contribution in [1.29, 1.82) is 0 Å². The first-order valence-electron chi connectivity index (χ1n) is 4.95. The molecule has 0 saturated heterocycles. The lowest BCUT2D eigenvalue weighted by Crippen LogP contribution is -2.10. The van der Waals surface area contributed by atoms with Gasteiger partial charge in [-0.1, -0.05) is 0 Å². The van der Waals surface area contributed by atoms with Gasteiger partial charge in [-0.2, -0.15) is 0 Å². The van der Waals surface area contributed by atoms with E-state index in [0.29, 0.717) is 0 Å². The Balaban J connectivity index is 2.26. The van der Waals surface area contributed by atoms with E-state index in [-0.39, 0.29) is 0 Å². The van der Waals surface area contributed by atoms with Crippen LogP contribution in [0.15, 0.2) is 18.2 Å². The predicted molar refractivity (Wildman–Crippen MR) is 56.2 cm³/mol. The third-order valence-corrected chi connectivity index (χ3v) is 2.33. The molecule has 2 rings (SSSR count). The topological polar surface area (TPSA) is 30.5 Å². The molecule has 1 aliphatic heterocycles. The van der Waals surface area contributed by atoms with Crippen molar-refractivity contribution in [2.75, 3.05) is 25.6 Å².